The average Bonchev–Trinajstić information content (AvgIpc) is 2.30. The zero-order valence-electron chi connectivity index (χ0n) is 9.29. The highest BCUT2D eigenvalue weighted by molar-refractivity contribution is 9.11. The van der Waals surface area contributed by atoms with E-state index in [0.29, 0.717) is 0 Å². The van der Waals surface area contributed by atoms with E-state index in [2.05, 4.69) is 39.3 Å². The number of nitrogens with two attached hydrogens (primary N) is 1. The summed E-state index contributed by atoms with van der Waals surface area (Å²) in [4.78, 5) is 2.24. The summed E-state index contributed by atoms with van der Waals surface area (Å²) in [6, 6.07) is 2.16. The number of hydrogen-bond acceptors (Lipinski definition) is 3. The zero-order chi connectivity index (χ0) is 10.8. The van der Waals surface area contributed by atoms with Crippen molar-refractivity contribution < 1.29 is 0 Å². The molecule has 0 aliphatic rings. The summed E-state index contributed by atoms with van der Waals surface area (Å²) in [5.41, 5.74) is 7.17. The second-order valence-electron chi connectivity index (χ2n) is 4.42. The Hall–Kier alpha value is 0.390. The van der Waals surface area contributed by atoms with E-state index in [9.17, 15) is 0 Å². The van der Waals surface area contributed by atoms with Crippen LogP contribution in [0.3, 0.4) is 0 Å². The number of likely N-dealkylation sites (N-methyl/N-ethyl adjacent to an activating group) is 1. The minimum absolute atomic E-state index is 0. The third-order valence-electron chi connectivity index (χ3n) is 1.75. The number of halogens is 2. The van der Waals surface area contributed by atoms with Gasteiger partial charge in [-0.15, -0.1) is 23.7 Å². The average molecular weight is 314 g/mol. The molecule has 5 heteroatoms. The Bertz CT molecular complexity index is 296. The van der Waals surface area contributed by atoms with Crippen molar-refractivity contribution in [3.05, 3.63) is 20.8 Å². The summed E-state index contributed by atoms with van der Waals surface area (Å²) in [5.74, 6) is 0. The Labute approximate surface area is 110 Å². The molecule has 0 spiro atoms. The number of hydrogen-bond donors (Lipinski definition) is 1. The van der Waals surface area contributed by atoms with Gasteiger partial charge in [-0.2, -0.15) is 0 Å². The van der Waals surface area contributed by atoms with Crippen LogP contribution >= 0.6 is 39.7 Å². The summed E-state index contributed by atoms with van der Waals surface area (Å²) in [7, 11) is 2.10. The van der Waals surface area contributed by atoms with E-state index in [0.717, 1.165) is 13.1 Å². The number of thiophene rings is 1. The third-order valence-corrected chi connectivity index (χ3v) is 3.30. The second-order valence-corrected chi connectivity index (χ2v) is 6.71. The van der Waals surface area contributed by atoms with E-state index in [-0.39, 0.29) is 17.9 Å². The van der Waals surface area contributed by atoms with Crippen LogP contribution in [0.25, 0.3) is 0 Å². The molecule has 0 saturated heterocycles. The Morgan fingerprint density at radius 3 is 2.53 bits per heavy atom. The number of nitrogens with zero attached hydrogens (tertiary/aromatic N) is 1. The molecule has 0 aliphatic carbocycles. The molecule has 2 nitrogen and oxygen atoms in total. The van der Waals surface area contributed by atoms with Gasteiger partial charge in [0.1, 0.15) is 0 Å². The van der Waals surface area contributed by atoms with Crippen LogP contribution in [0.15, 0.2) is 15.2 Å². The van der Waals surface area contributed by atoms with Crippen LogP contribution in [0, 0.1) is 0 Å². The highest BCUT2D eigenvalue weighted by atomic mass is 79.9. The highest BCUT2D eigenvalue weighted by Crippen LogP contribution is 2.21. The lowest BCUT2D eigenvalue weighted by Gasteiger charge is -2.26. The quantitative estimate of drug-likeness (QED) is 0.925. The smallest absolute Gasteiger partial charge is 0.0701 e. The Balaban J connectivity index is 0.00000196. The fourth-order valence-electron chi connectivity index (χ4n) is 1.49. The zero-order valence-corrected chi connectivity index (χ0v) is 12.5. The molecule has 0 unspecified atom stereocenters. The van der Waals surface area contributed by atoms with Gasteiger partial charge in [0.15, 0.2) is 0 Å². The molecule has 0 saturated carbocycles. The Morgan fingerprint density at radius 2 is 2.13 bits per heavy atom. The van der Waals surface area contributed by atoms with Gasteiger partial charge in [0.25, 0.3) is 0 Å². The van der Waals surface area contributed by atoms with Gasteiger partial charge >= 0.3 is 0 Å². The van der Waals surface area contributed by atoms with Crippen LogP contribution in [0.2, 0.25) is 0 Å². The summed E-state index contributed by atoms with van der Waals surface area (Å²) in [6.45, 7) is 5.96. The van der Waals surface area contributed by atoms with E-state index in [1.54, 1.807) is 11.3 Å². The molecule has 0 fully saturated rings. The first kappa shape index (κ1) is 15.4. The normalized spacial score (nSPS) is 11.6. The lowest BCUT2D eigenvalue weighted by molar-refractivity contribution is 0.263. The van der Waals surface area contributed by atoms with Crippen LogP contribution in [-0.4, -0.2) is 24.0 Å². The van der Waals surface area contributed by atoms with Crippen molar-refractivity contribution in [2.24, 2.45) is 5.73 Å². The highest BCUT2D eigenvalue weighted by Gasteiger charge is 2.14. The molecule has 0 aromatic carbocycles. The van der Waals surface area contributed by atoms with Crippen molar-refractivity contribution in [2.75, 3.05) is 13.6 Å². The maximum absolute atomic E-state index is 5.95. The van der Waals surface area contributed by atoms with Gasteiger partial charge in [-0.1, -0.05) is 0 Å². The van der Waals surface area contributed by atoms with Gasteiger partial charge < -0.3 is 10.6 Å². The van der Waals surface area contributed by atoms with Gasteiger partial charge in [-0.05, 0) is 53.8 Å². The monoisotopic (exact) mass is 312 g/mol. The predicted octanol–water partition coefficient (Wildman–Crippen LogP) is 3.10. The molecule has 0 radical (unpaired) electrons. The van der Waals surface area contributed by atoms with E-state index in [1.807, 2.05) is 13.8 Å². The topological polar surface area (TPSA) is 29.3 Å². The molecule has 1 heterocycles. The van der Waals surface area contributed by atoms with Crippen LogP contribution in [-0.2, 0) is 6.54 Å². The largest absolute Gasteiger partial charge is 0.324 e. The maximum atomic E-state index is 5.95. The second kappa shape index (κ2) is 6.21. The van der Waals surface area contributed by atoms with E-state index < -0.39 is 0 Å². The van der Waals surface area contributed by atoms with Gasteiger partial charge in [0.2, 0.25) is 0 Å². The van der Waals surface area contributed by atoms with Gasteiger partial charge in [0, 0.05) is 18.6 Å². The van der Waals surface area contributed by atoms with Crippen molar-refractivity contribution >= 4 is 39.7 Å². The molecule has 0 amide bonds. The van der Waals surface area contributed by atoms with Crippen molar-refractivity contribution in [3.8, 4) is 0 Å². The summed E-state index contributed by atoms with van der Waals surface area (Å²) < 4.78 is 1.19. The molecule has 1 rings (SSSR count). The van der Waals surface area contributed by atoms with Crippen molar-refractivity contribution in [1.29, 1.82) is 0 Å². The third kappa shape index (κ3) is 6.53. The van der Waals surface area contributed by atoms with Crippen molar-refractivity contribution in [1.82, 2.24) is 4.90 Å². The first-order valence-corrected chi connectivity index (χ1v) is 6.24. The molecular weight excluding hydrogens is 296 g/mol. The first-order chi connectivity index (χ1) is 6.37. The van der Waals surface area contributed by atoms with E-state index in [1.165, 1.54) is 9.35 Å². The standard InChI is InChI=1S/C10H17BrN2S.ClH/c1-10(2,12)7-13(3)5-8-4-9(11)14-6-8;/h4,6H,5,7,12H2,1-3H3;1H. The fourth-order valence-corrected chi connectivity index (χ4v) is 2.69. The van der Waals surface area contributed by atoms with Crippen molar-refractivity contribution in [3.63, 3.8) is 0 Å². The molecule has 2 N–H and O–H groups in total. The Morgan fingerprint density at radius 1 is 1.53 bits per heavy atom. The molecule has 15 heavy (non-hydrogen) atoms. The van der Waals surface area contributed by atoms with Crippen LogP contribution < -0.4 is 5.73 Å². The van der Waals surface area contributed by atoms with Gasteiger partial charge in [-0.3, -0.25) is 0 Å². The van der Waals surface area contributed by atoms with Crippen LogP contribution in [0.1, 0.15) is 19.4 Å². The summed E-state index contributed by atoms with van der Waals surface area (Å²) >= 11 is 5.18. The van der Waals surface area contributed by atoms with E-state index >= 15 is 0 Å². The van der Waals surface area contributed by atoms with Gasteiger partial charge in [0.05, 0.1) is 3.79 Å². The Kier molecular flexibility index (Phi) is 6.37. The molecule has 1 aromatic heterocycles. The first-order valence-electron chi connectivity index (χ1n) is 4.57. The fraction of sp³-hybridized carbons (Fsp3) is 0.600. The molecule has 0 aliphatic heterocycles. The predicted molar refractivity (Wildman–Crippen MR) is 73.9 cm³/mol. The van der Waals surface area contributed by atoms with Crippen LogP contribution in [0.5, 0.6) is 0 Å². The van der Waals surface area contributed by atoms with E-state index in [4.69, 9.17) is 5.73 Å². The minimum Gasteiger partial charge on any atom is -0.324 e. The molecule has 1 aromatic rings. The summed E-state index contributed by atoms with van der Waals surface area (Å²) in [6.07, 6.45) is 0. The molecular formula is C10H18BrClN2S. The van der Waals surface area contributed by atoms with Crippen molar-refractivity contribution in [2.45, 2.75) is 25.9 Å². The lowest BCUT2D eigenvalue weighted by atomic mass is 10.1. The molecule has 88 valence electrons. The van der Waals surface area contributed by atoms with Crippen LogP contribution in [0.4, 0.5) is 0 Å². The maximum Gasteiger partial charge on any atom is 0.0701 e. The lowest BCUT2D eigenvalue weighted by Crippen LogP contribution is -2.43. The van der Waals surface area contributed by atoms with Gasteiger partial charge in [-0.25, -0.2) is 0 Å². The summed E-state index contributed by atoms with van der Waals surface area (Å²) in [5, 5.41) is 2.17. The SMILES string of the molecule is CN(Cc1csc(Br)c1)CC(C)(C)N.Cl. The molecule has 0 bridgehead atoms. The number of rotatable bonds is 4. The molecule has 0 atom stereocenters. The minimum atomic E-state index is -0.123.